The first-order valence-electron chi connectivity index (χ1n) is 35.8. The third-order valence-electron chi connectivity index (χ3n) is 16.0. The lowest BCUT2D eigenvalue weighted by molar-refractivity contribution is -0.167. The Balaban J connectivity index is 4.34. The zero-order chi connectivity index (χ0) is 58.5. The lowest BCUT2D eigenvalue weighted by Crippen LogP contribution is -2.30. The minimum Gasteiger partial charge on any atom is -0.462 e. The van der Waals surface area contributed by atoms with Gasteiger partial charge in [0, 0.05) is 19.3 Å². The maximum atomic E-state index is 13.0. The van der Waals surface area contributed by atoms with Crippen molar-refractivity contribution >= 4 is 17.9 Å². The summed E-state index contributed by atoms with van der Waals surface area (Å²) >= 11 is 0. The molecule has 472 valence electrons. The van der Waals surface area contributed by atoms with Gasteiger partial charge in [0.2, 0.25) is 0 Å². The fraction of sp³-hybridized carbons (Fsp3) is 0.827. The predicted molar refractivity (Wildman–Crippen MR) is 353 cm³/mol. The highest BCUT2D eigenvalue weighted by atomic mass is 16.6. The molecular weight excluding hydrogens is 997 g/mol. The van der Waals surface area contributed by atoms with Gasteiger partial charge in [0.25, 0.3) is 0 Å². The maximum Gasteiger partial charge on any atom is 0.306 e. The highest BCUT2D eigenvalue weighted by Gasteiger charge is 2.19. The molecule has 81 heavy (non-hydrogen) atoms. The molecule has 0 amide bonds. The van der Waals surface area contributed by atoms with Gasteiger partial charge in [-0.15, -0.1) is 0 Å². The van der Waals surface area contributed by atoms with Crippen LogP contribution in [-0.4, -0.2) is 37.2 Å². The minimum atomic E-state index is -0.780. The number of unbranched alkanes of at least 4 members (excludes halogenated alkanes) is 45. The standard InChI is InChI=1S/C75H136O6/c1-4-7-10-13-16-19-22-25-28-31-34-36-37-39-41-44-47-50-53-56-59-62-65-68-74(77)80-71-72(70-79-73(76)67-64-61-58-55-52-49-46-43-40-33-30-27-24-21-18-15-12-9-6-3)81-75(78)69-66-63-60-57-54-51-48-45-42-38-35-32-29-26-23-20-17-14-11-8-5-2/h8,11,17,20,26-27,29-30,35,38,72H,4-7,9-10,12-16,18-19,21-25,28,31-34,36-37,39-71H2,1-3H3/b11-8-,20-17-,29-26-,30-27-,38-35-. The summed E-state index contributed by atoms with van der Waals surface area (Å²) in [6.45, 7) is 6.59. The van der Waals surface area contributed by atoms with E-state index in [-0.39, 0.29) is 31.1 Å². The fourth-order valence-electron chi connectivity index (χ4n) is 10.7. The van der Waals surface area contributed by atoms with Gasteiger partial charge in [0.15, 0.2) is 6.10 Å². The number of ether oxygens (including phenoxy) is 3. The molecule has 0 saturated carbocycles. The largest absolute Gasteiger partial charge is 0.462 e. The van der Waals surface area contributed by atoms with Crippen LogP contribution < -0.4 is 0 Å². The van der Waals surface area contributed by atoms with Crippen LogP contribution >= 0.6 is 0 Å². The molecule has 0 aliphatic rings. The van der Waals surface area contributed by atoms with Crippen molar-refractivity contribution in [2.24, 2.45) is 0 Å². The molecule has 0 aliphatic carbocycles. The Hall–Kier alpha value is -2.89. The number of allylic oxidation sites excluding steroid dienone is 10. The molecule has 6 heteroatoms. The zero-order valence-electron chi connectivity index (χ0n) is 54.3. The molecule has 1 atom stereocenters. The van der Waals surface area contributed by atoms with Crippen molar-refractivity contribution in [3.63, 3.8) is 0 Å². The van der Waals surface area contributed by atoms with Gasteiger partial charge >= 0.3 is 17.9 Å². The van der Waals surface area contributed by atoms with Gasteiger partial charge in [-0.25, -0.2) is 0 Å². The van der Waals surface area contributed by atoms with E-state index >= 15 is 0 Å². The van der Waals surface area contributed by atoms with Crippen molar-refractivity contribution < 1.29 is 28.6 Å². The summed E-state index contributed by atoms with van der Waals surface area (Å²) in [4.78, 5) is 38.5. The Morgan fingerprint density at radius 2 is 0.481 bits per heavy atom. The highest BCUT2D eigenvalue weighted by molar-refractivity contribution is 5.71. The van der Waals surface area contributed by atoms with Crippen LogP contribution in [0.1, 0.15) is 380 Å². The summed E-state index contributed by atoms with van der Waals surface area (Å²) in [5.74, 6) is -0.858. The predicted octanol–water partition coefficient (Wildman–Crippen LogP) is 24.7. The number of hydrogen-bond donors (Lipinski definition) is 0. The molecule has 0 N–H and O–H groups in total. The first-order chi connectivity index (χ1) is 40.0. The van der Waals surface area contributed by atoms with Crippen molar-refractivity contribution in [2.45, 2.75) is 386 Å². The van der Waals surface area contributed by atoms with Crippen LogP contribution in [-0.2, 0) is 28.6 Å². The van der Waals surface area contributed by atoms with E-state index in [1.54, 1.807) is 0 Å². The first kappa shape index (κ1) is 78.1. The van der Waals surface area contributed by atoms with E-state index in [4.69, 9.17) is 14.2 Å². The van der Waals surface area contributed by atoms with Crippen molar-refractivity contribution in [1.29, 1.82) is 0 Å². The van der Waals surface area contributed by atoms with Crippen molar-refractivity contribution in [3.05, 3.63) is 60.8 Å². The molecule has 0 aliphatic heterocycles. The van der Waals surface area contributed by atoms with Crippen LogP contribution in [0.15, 0.2) is 60.8 Å². The summed E-state index contributed by atoms with van der Waals surface area (Å²) in [6, 6.07) is 0. The Labute approximate surface area is 504 Å². The molecule has 0 aromatic carbocycles. The Morgan fingerprint density at radius 3 is 0.765 bits per heavy atom. The Bertz CT molecular complexity index is 1440. The van der Waals surface area contributed by atoms with E-state index in [1.165, 1.54) is 250 Å². The molecule has 0 aromatic heterocycles. The van der Waals surface area contributed by atoms with E-state index in [0.29, 0.717) is 19.3 Å². The number of carbonyl (C=O) groups is 3. The molecule has 0 spiro atoms. The van der Waals surface area contributed by atoms with Gasteiger partial charge in [-0.3, -0.25) is 14.4 Å². The second-order valence-electron chi connectivity index (χ2n) is 24.1. The Kier molecular flexibility index (Phi) is 67.1. The number of carbonyl (C=O) groups excluding carboxylic acids is 3. The van der Waals surface area contributed by atoms with E-state index in [0.717, 1.165) is 89.9 Å². The van der Waals surface area contributed by atoms with Gasteiger partial charge in [-0.2, -0.15) is 0 Å². The van der Waals surface area contributed by atoms with Crippen LogP contribution in [0.25, 0.3) is 0 Å². The van der Waals surface area contributed by atoms with Crippen LogP contribution in [0.2, 0.25) is 0 Å². The number of hydrogen-bond acceptors (Lipinski definition) is 6. The monoisotopic (exact) mass is 1130 g/mol. The molecule has 0 aromatic rings. The van der Waals surface area contributed by atoms with E-state index in [9.17, 15) is 14.4 Å². The highest BCUT2D eigenvalue weighted by Crippen LogP contribution is 2.18. The number of rotatable bonds is 66. The summed E-state index contributed by atoms with van der Waals surface area (Å²) < 4.78 is 17.0. The molecule has 0 rings (SSSR count). The first-order valence-corrected chi connectivity index (χ1v) is 35.8. The van der Waals surface area contributed by atoms with Gasteiger partial charge in [-0.05, 0) is 83.5 Å². The second kappa shape index (κ2) is 69.6. The van der Waals surface area contributed by atoms with Crippen LogP contribution in [0.4, 0.5) is 0 Å². The fourth-order valence-corrected chi connectivity index (χ4v) is 10.7. The Morgan fingerprint density at radius 1 is 0.259 bits per heavy atom. The average molecular weight is 1130 g/mol. The van der Waals surface area contributed by atoms with Crippen molar-refractivity contribution in [2.75, 3.05) is 13.2 Å². The van der Waals surface area contributed by atoms with E-state index in [1.807, 2.05) is 0 Å². The molecular formula is C75H136O6. The quantitative estimate of drug-likeness (QED) is 0.0261. The third kappa shape index (κ3) is 67.8. The second-order valence-corrected chi connectivity index (χ2v) is 24.1. The van der Waals surface area contributed by atoms with Gasteiger partial charge in [-0.1, -0.05) is 338 Å². The summed E-state index contributed by atoms with van der Waals surface area (Å²) in [5.41, 5.74) is 0. The van der Waals surface area contributed by atoms with Crippen LogP contribution in [0.5, 0.6) is 0 Å². The van der Waals surface area contributed by atoms with E-state index < -0.39 is 6.10 Å². The topological polar surface area (TPSA) is 78.9 Å². The van der Waals surface area contributed by atoms with Crippen molar-refractivity contribution in [3.8, 4) is 0 Å². The number of esters is 3. The molecule has 1 unspecified atom stereocenters. The molecule has 0 radical (unpaired) electrons. The molecule has 6 nitrogen and oxygen atoms in total. The van der Waals surface area contributed by atoms with Gasteiger partial charge < -0.3 is 14.2 Å². The maximum absolute atomic E-state index is 13.0. The average Bonchev–Trinajstić information content (AvgIpc) is 3.47. The molecule has 0 saturated heterocycles. The lowest BCUT2D eigenvalue weighted by Gasteiger charge is -2.18. The molecule has 0 fully saturated rings. The minimum absolute atomic E-state index is 0.0740. The van der Waals surface area contributed by atoms with Gasteiger partial charge in [0.05, 0.1) is 0 Å². The van der Waals surface area contributed by atoms with E-state index in [2.05, 4.69) is 81.5 Å². The van der Waals surface area contributed by atoms with Crippen molar-refractivity contribution in [1.82, 2.24) is 0 Å². The van der Waals surface area contributed by atoms with Crippen LogP contribution in [0, 0.1) is 0 Å². The van der Waals surface area contributed by atoms with Crippen LogP contribution in [0.3, 0.4) is 0 Å². The summed E-state index contributed by atoms with van der Waals surface area (Å²) in [6.07, 6.45) is 89.6. The third-order valence-corrected chi connectivity index (χ3v) is 16.0. The molecule has 0 bridgehead atoms. The lowest BCUT2D eigenvalue weighted by atomic mass is 10.0. The summed E-state index contributed by atoms with van der Waals surface area (Å²) in [5, 5.41) is 0. The SMILES string of the molecule is CC/C=C\C/C=C\C/C=C\C/C=C\CCCCCCCCCCC(=O)OC(COC(=O)CCCCCCCCCCC/C=C\CCCCCCCC)COC(=O)CCCCCCCCCCCCCCCCCCCCCCCCC. The zero-order valence-corrected chi connectivity index (χ0v) is 54.3. The summed E-state index contributed by atoms with van der Waals surface area (Å²) in [7, 11) is 0. The smallest absolute Gasteiger partial charge is 0.306 e. The normalized spacial score (nSPS) is 12.4. The molecule has 0 heterocycles. The van der Waals surface area contributed by atoms with Gasteiger partial charge in [0.1, 0.15) is 13.2 Å².